The second-order valence-electron chi connectivity index (χ2n) is 8.62. The summed E-state index contributed by atoms with van der Waals surface area (Å²) in [5, 5.41) is 3.13. The molecule has 3 aromatic heterocycles. The van der Waals surface area contributed by atoms with Gasteiger partial charge in [0.25, 0.3) is 0 Å². The molecule has 2 aliphatic rings. The first kappa shape index (κ1) is 21.7. The number of hydrogen-bond acceptors (Lipinski definition) is 10. The third kappa shape index (κ3) is 4.05. The number of carbonyl (C=O) groups is 1. The highest BCUT2D eigenvalue weighted by molar-refractivity contribution is 7.08. The lowest BCUT2D eigenvalue weighted by Crippen LogP contribution is -2.50. The zero-order valence-corrected chi connectivity index (χ0v) is 19.1. The number of carbonyl (C=O) groups excluding carboxylic acids is 1. The Balaban J connectivity index is 1.47. The van der Waals surface area contributed by atoms with Gasteiger partial charge in [-0.2, -0.15) is 4.37 Å². The molecule has 1 unspecified atom stereocenters. The molecule has 2 aliphatic heterocycles. The van der Waals surface area contributed by atoms with Gasteiger partial charge in [0, 0.05) is 49.1 Å². The van der Waals surface area contributed by atoms with Crippen LogP contribution in [-0.2, 0) is 4.74 Å². The molecule has 0 N–H and O–H groups in total. The van der Waals surface area contributed by atoms with Crippen LogP contribution >= 0.6 is 11.5 Å². The summed E-state index contributed by atoms with van der Waals surface area (Å²) in [6.07, 6.45) is 3.92. The van der Waals surface area contributed by atoms with E-state index in [1.54, 1.807) is 6.92 Å². The van der Waals surface area contributed by atoms with E-state index < -0.39 is 11.3 Å². The highest BCUT2D eigenvalue weighted by Crippen LogP contribution is 2.30. The molecule has 5 rings (SSSR count). The minimum Gasteiger partial charge on any atom is -0.376 e. The quantitative estimate of drug-likeness (QED) is 0.513. The number of pyridine rings is 2. The average molecular weight is 470 g/mol. The van der Waals surface area contributed by atoms with Crippen molar-refractivity contribution in [3.8, 4) is 5.13 Å². The lowest BCUT2D eigenvalue weighted by atomic mass is 9.92. The van der Waals surface area contributed by atoms with Gasteiger partial charge >= 0.3 is 5.91 Å². The monoisotopic (exact) mass is 469 g/mol. The summed E-state index contributed by atoms with van der Waals surface area (Å²) >= 11 is 1.09. The normalized spacial score (nSPS) is 19.6. The van der Waals surface area contributed by atoms with Crippen LogP contribution in [0.5, 0.6) is 0 Å². The first-order valence-electron chi connectivity index (χ1n) is 10.7. The van der Waals surface area contributed by atoms with E-state index >= 15 is 0 Å². The molecule has 5 heterocycles. The van der Waals surface area contributed by atoms with Crippen molar-refractivity contribution >= 4 is 34.3 Å². The van der Waals surface area contributed by atoms with Crippen molar-refractivity contribution in [2.24, 2.45) is 11.1 Å². The molecular weight excluding hydrogens is 446 g/mol. The molecule has 0 spiro atoms. The van der Waals surface area contributed by atoms with Crippen LogP contribution in [0.1, 0.15) is 22.3 Å². The number of aromatic nitrogens is 4. The van der Waals surface area contributed by atoms with Crippen LogP contribution in [0.15, 0.2) is 28.6 Å². The lowest BCUT2D eigenvalue weighted by molar-refractivity contribution is -0.0326. The van der Waals surface area contributed by atoms with E-state index in [0.29, 0.717) is 22.3 Å². The number of amides is 1. The summed E-state index contributed by atoms with van der Waals surface area (Å²) in [6, 6.07) is 1.85. The number of anilines is 1. The lowest BCUT2D eigenvalue weighted by Gasteiger charge is -2.43. The molecule has 0 saturated carbocycles. The summed E-state index contributed by atoms with van der Waals surface area (Å²) < 4.78 is 11.4. The molecule has 12 heteroatoms. The van der Waals surface area contributed by atoms with Gasteiger partial charge in [0.1, 0.15) is 17.7 Å². The highest BCUT2D eigenvalue weighted by atomic mass is 32.1. The van der Waals surface area contributed by atoms with Crippen molar-refractivity contribution < 1.29 is 9.53 Å². The molecule has 1 atom stereocenters. The molecule has 0 bridgehead atoms. The Morgan fingerprint density at radius 1 is 1.33 bits per heavy atom. The summed E-state index contributed by atoms with van der Waals surface area (Å²) in [5.41, 5.74) is 0.160. The predicted molar refractivity (Wildman–Crippen MR) is 123 cm³/mol. The van der Waals surface area contributed by atoms with Crippen LogP contribution in [-0.4, -0.2) is 75.7 Å². The molecule has 3 aromatic rings. The first-order chi connectivity index (χ1) is 15.9. The second kappa shape index (κ2) is 8.69. The van der Waals surface area contributed by atoms with Crippen LogP contribution in [0.25, 0.3) is 16.2 Å². The van der Waals surface area contributed by atoms with Gasteiger partial charge in [-0.05, 0) is 37.9 Å². The number of rotatable bonds is 5. The summed E-state index contributed by atoms with van der Waals surface area (Å²) in [4.78, 5) is 49.3. The largest absolute Gasteiger partial charge is 0.376 e. The minimum absolute atomic E-state index is 0.257. The fourth-order valence-electron chi connectivity index (χ4n) is 4.55. The number of ether oxygens (including phenoxy) is 1. The SMILES string of the molecule is Cc1cc(N2CC(CC3CN(C)CCO3)C2)nc2c1c(=O)c(C(=O)N=O)cn2-c1ncns1. The first-order valence-corrected chi connectivity index (χ1v) is 11.5. The number of nitrogens with zero attached hydrogens (tertiary/aromatic N) is 7. The van der Waals surface area contributed by atoms with Crippen LogP contribution in [0.2, 0.25) is 0 Å². The van der Waals surface area contributed by atoms with Gasteiger partial charge in [0.2, 0.25) is 10.6 Å². The maximum absolute atomic E-state index is 13.0. The molecule has 1 amide bonds. The Kier molecular flexibility index (Phi) is 5.72. The molecular formula is C21H23N7O4S. The number of hydrogen-bond donors (Lipinski definition) is 0. The summed E-state index contributed by atoms with van der Waals surface area (Å²) in [7, 11) is 2.12. The Morgan fingerprint density at radius 3 is 2.85 bits per heavy atom. The van der Waals surface area contributed by atoms with Gasteiger partial charge in [-0.1, -0.05) is 0 Å². The number of likely N-dealkylation sites (N-methyl/N-ethyl adjacent to an activating group) is 1. The van der Waals surface area contributed by atoms with Gasteiger partial charge < -0.3 is 14.5 Å². The molecule has 0 radical (unpaired) electrons. The van der Waals surface area contributed by atoms with Crippen LogP contribution < -0.4 is 10.3 Å². The highest BCUT2D eigenvalue weighted by Gasteiger charge is 2.32. The molecule has 2 fully saturated rings. The van der Waals surface area contributed by atoms with Gasteiger partial charge in [0.15, 0.2) is 5.65 Å². The Labute approximate surface area is 193 Å². The van der Waals surface area contributed by atoms with E-state index in [1.807, 2.05) is 6.07 Å². The zero-order valence-electron chi connectivity index (χ0n) is 18.3. The van der Waals surface area contributed by atoms with E-state index in [0.717, 1.165) is 56.6 Å². The van der Waals surface area contributed by atoms with E-state index in [4.69, 9.17) is 9.72 Å². The van der Waals surface area contributed by atoms with Crippen LogP contribution in [0.3, 0.4) is 0 Å². The van der Waals surface area contributed by atoms with Crippen molar-refractivity contribution in [1.82, 2.24) is 23.8 Å². The van der Waals surface area contributed by atoms with E-state index in [-0.39, 0.29) is 17.1 Å². The second-order valence-corrected chi connectivity index (χ2v) is 9.38. The van der Waals surface area contributed by atoms with Gasteiger partial charge in [0.05, 0.1) is 18.1 Å². The van der Waals surface area contributed by atoms with Crippen molar-refractivity contribution in [3.63, 3.8) is 0 Å². The number of morpholine rings is 1. The fraction of sp³-hybridized carbons (Fsp3) is 0.476. The van der Waals surface area contributed by atoms with Crippen molar-refractivity contribution in [2.45, 2.75) is 19.4 Å². The Bertz CT molecular complexity index is 1270. The zero-order chi connectivity index (χ0) is 23.1. The Morgan fingerprint density at radius 2 is 2.15 bits per heavy atom. The molecule has 33 heavy (non-hydrogen) atoms. The molecule has 2 saturated heterocycles. The maximum atomic E-state index is 13.0. The maximum Gasteiger partial charge on any atom is 0.322 e. The van der Waals surface area contributed by atoms with Gasteiger partial charge in [-0.3, -0.25) is 14.2 Å². The topological polar surface area (TPSA) is 123 Å². The average Bonchev–Trinajstić information content (AvgIpc) is 3.30. The predicted octanol–water partition coefficient (Wildman–Crippen LogP) is 1.61. The van der Waals surface area contributed by atoms with Gasteiger partial charge in [-0.25, -0.2) is 9.97 Å². The smallest absolute Gasteiger partial charge is 0.322 e. The molecule has 0 aliphatic carbocycles. The van der Waals surface area contributed by atoms with Crippen LogP contribution in [0.4, 0.5) is 5.82 Å². The van der Waals surface area contributed by atoms with Crippen molar-refractivity contribution in [2.75, 3.05) is 44.7 Å². The van der Waals surface area contributed by atoms with Gasteiger partial charge in [-0.15, -0.1) is 4.91 Å². The fourth-order valence-corrected chi connectivity index (χ4v) is 5.06. The summed E-state index contributed by atoms with van der Waals surface area (Å²) in [6.45, 7) is 6.21. The van der Waals surface area contributed by atoms with E-state index in [1.165, 1.54) is 17.1 Å². The van der Waals surface area contributed by atoms with Crippen molar-refractivity contribution in [1.29, 1.82) is 0 Å². The molecule has 11 nitrogen and oxygen atoms in total. The standard InChI is InChI=1S/C21H23N7O4S/c1-12-5-16(27-7-13(8-27)6-14-9-26(2)3-4-32-14)24-19-17(12)18(29)15(20(30)25-31)10-28(19)21-22-11-23-33-21/h5,10-11,13-14H,3-4,6-9H2,1-2H3. The third-order valence-electron chi connectivity index (χ3n) is 6.23. The number of nitroso groups, excluding NO2 is 1. The van der Waals surface area contributed by atoms with E-state index in [9.17, 15) is 14.5 Å². The van der Waals surface area contributed by atoms with Crippen LogP contribution in [0, 0.1) is 17.7 Å². The number of aryl methyl sites for hydroxylation is 1. The van der Waals surface area contributed by atoms with Crippen molar-refractivity contribution in [3.05, 3.63) is 44.8 Å². The molecule has 0 aromatic carbocycles. The third-order valence-corrected chi connectivity index (χ3v) is 6.90. The minimum atomic E-state index is -1.12. The van der Waals surface area contributed by atoms with E-state index in [2.05, 4.69) is 31.4 Å². The molecule has 172 valence electrons. The number of fused-ring (bicyclic) bond motifs is 1. The Hall–Kier alpha value is -3.09. The summed E-state index contributed by atoms with van der Waals surface area (Å²) in [5.74, 6) is 0.149.